The van der Waals surface area contributed by atoms with Crippen LogP contribution in [-0.4, -0.2) is 52.4 Å². The summed E-state index contributed by atoms with van der Waals surface area (Å²) in [5.74, 6) is 0.918. The summed E-state index contributed by atoms with van der Waals surface area (Å²) in [6, 6.07) is 12.1. The summed E-state index contributed by atoms with van der Waals surface area (Å²) in [7, 11) is -0.582. The Kier molecular flexibility index (Phi) is 5.86. The monoisotopic (exact) mass is 444 g/mol. The van der Waals surface area contributed by atoms with Crippen LogP contribution in [0.1, 0.15) is 24.0 Å². The number of hydrogen-bond donors (Lipinski definition) is 0. The molecular weight excluding hydrogens is 420 g/mol. The first-order chi connectivity index (χ1) is 14.9. The molecule has 0 bridgehead atoms. The molecule has 0 spiro atoms. The topological polar surface area (TPSA) is 94.5 Å². The normalized spacial score (nSPS) is 19.4. The second-order valence-corrected chi connectivity index (χ2v) is 9.04. The number of fused-ring (bicyclic) bond motifs is 1. The minimum absolute atomic E-state index is 0.119. The number of esters is 1. The number of rotatable bonds is 5. The summed E-state index contributed by atoms with van der Waals surface area (Å²) >= 11 is 0. The van der Waals surface area contributed by atoms with Gasteiger partial charge in [-0.15, -0.1) is 4.40 Å². The van der Waals surface area contributed by atoms with E-state index in [1.54, 1.807) is 50.6 Å². The Hall–Kier alpha value is -3.07. The van der Waals surface area contributed by atoms with Gasteiger partial charge in [0, 0.05) is 18.7 Å². The molecule has 0 saturated carbocycles. The number of sulfonamides is 1. The minimum Gasteiger partial charge on any atom is -0.493 e. The maximum atomic E-state index is 12.7. The zero-order valence-electron chi connectivity index (χ0n) is 17.4. The molecule has 0 unspecified atom stereocenters. The molecule has 2 aliphatic rings. The molecule has 0 amide bonds. The Morgan fingerprint density at radius 3 is 2.68 bits per heavy atom. The number of carbonyl (C=O) groups excluding carboxylic acids is 1. The van der Waals surface area contributed by atoms with Crippen LogP contribution in [-0.2, 0) is 26.2 Å². The van der Waals surface area contributed by atoms with E-state index in [9.17, 15) is 13.2 Å². The predicted octanol–water partition coefficient (Wildman–Crippen LogP) is 2.61. The van der Waals surface area contributed by atoms with Gasteiger partial charge < -0.3 is 19.1 Å². The SMILES string of the molecule is COc1ccc(COC(=O)[C@@H]2CCCN(C3=NS(=O)(=O)c4ccccc43)C2)cc1OC. The fraction of sp³-hybridized carbons (Fsp3) is 0.364. The summed E-state index contributed by atoms with van der Waals surface area (Å²) in [6.45, 7) is 1.13. The quantitative estimate of drug-likeness (QED) is 0.654. The van der Waals surface area contributed by atoms with Gasteiger partial charge in [0.25, 0.3) is 10.0 Å². The molecule has 31 heavy (non-hydrogen) atoms. The lowest BCUT2D eigenvalue weighted by Gasteiger charge is -2.32. The molecule has 1 saturated heterocycles. The van der Waals surface area contributed by atoms with Crippen molar-refractivity contribution in [3.63, 3.8) is 0 Å². The van der Waals surface area contributed by atoms with Gasteiger partial charge in [0.15, 0.2) is 17.3 Å². The van der Waals surface area contributed by atoms with Gasteiger partial charge in [-0.1, -0.05) is 18.2 Å². The Bertz CT molecular complexity index is 1130. The van der Waals surface area contributed by atoms with E-state index in [4.69, 9.17) is 14.2 Å². The van der Waals surface area contributed by atoms with Crippen molar-refractivity contribution in [2.75, 3.05) is 27.3 Å². The lowest BCUT2D eigenvalue weighted by atomic mass is 9.97. The fourth-order valence-corrected chi connectivity index (χ4v) is 5.15. The summed E-state index contributed by atoms with van der Waals surface area (Å²) < 4.78 is 44.7. The van der Waals surface area contributed by atoms with Gasteiger partial charge in [0.1, 0.15) is 11.5 Å². The molecular formula is C22H24N2O6S. The smallest absolute Gasteiger partial charge is 0.311 e. The lowest BCUT2D eigenvalue weighted by molar-refractivity contribution is -0.151. The van der Waals surface area contributed by atoms with E-state index in [-0.39, 0.29) is 23.4 Å². The molecule has 1 atom stereocenters. The number of benzene rings is 2. The third-order valence-electron chi connectivity index (χ3n) is 5.50. The number of hydrogen-bond acceptors (Lipinski definition) is 7. The van der Waals surface area contributed by atoms with Crippen molar-refractivity contribution < 1.29 is 27.4 Å². The second kappa shape index (κ2) is 8.58. The van der Waals surface area contributed by atoms with E-state index in [2.05, 4.69) is 4.40 Å². The van der Waals surface area contributed by atoms with Gasteiger partial charge in [-0.05, 0) is 42.7 Å². The van der Waals surface area contributed by atoms with E-state index in [0.717, 1.165) is 12.0 Å². The standard InChI is InChI=1S/C22H24N2O6S/c1-28-18-10-9-15(12-19(18)29-2)14-30-22(25)16-6-5-11-24(13-16)21-17-7-3-4-8-20(17)31(26,27)23-21/h3-4,7-10,12,16H,5-6,11,13-14H2,1-2H3/t16-/m1/s1. The summed E-state index contributed by atoms with van der Waals surface area (Å²) in [5, 5.41) is 0. The van der Waals surface area contributed by atoms with Gasteiger partial charge >= 0.3 is 5.97 Å². The highest BCUT2D eigenvalue weighted by Gasteiger charge is 2.35. The van der Waals surface area contributed by atoms with Crippen LogP contribution in [0, 0.1) is 5.92 Å². The molecule has 2 aliphatic heterocycles. The van der Waals surface area contributed by atoms with Gasteiger partial charge in [-0.2, -0.15) is 8.42 Å². The van der Waals surface area contributed by atoms with Crippen LogP contribution in [0.5, 0.6) is 11.5 Å². The van der Waals surface area contributed by atoms with Crippen molar-refractivity contribution in [1.82, 2.24) is 4.90 Å². The third-order valence-corrected chi connectivity index (χ3v) is 6.82. The molecule has 2 aromatic carbocycles. The number of amidine groups is 1. The van der Waals surface area contributed by atoms with Crippen molar-refractivity contribution >= 4 is 21.8 Å². The molecule has 0 N–H and O–H groups in total. The molecule has 2 aromatic rings. The number of likely N-dealkylation sites (tertiary alicyclic amines) is 1. The highest BCUT2D eigenvalue weighted by Crippen LogP contribution is 2.31. The maximum Gasteiger partial charge on any atom is 0.311 e. The number of piperidine rings is 1. The van der Waals surface area contributed by atoms with Gasteiger partial charge in [0.05, 0.1) is 20.1 Å². The van der Waals surface area contributed by atoms with Crippen molar-refractivity contribution in [2.45, 2.75) is 24.3 Å². The fourth-order valence-electron chi connectivity index (χ4n) is 3.92. The second-order valence-electron chi connectivity index (χ2n) is 7.47. The summed E-state index contributed by atoms with van der Waals surface area (Å²) in [5.41, 5.74) is 1.38. The van der Waals surface area contributed by atoms with Crippen LogP contribution >= 0.6 is 0 Å². The largest absolute Gasteiger partial charge is 0.493 e. The molecule has 9 heteroatoms. The Balaban J connectivity index is 1.43. The number of nitrogens with zero attached hydrogens (tertiary/aromatic N) is 2. The van der Waals surface area contributed by atoms with E-state index in [1.165, 1.54) is 0 Å². The van der Waals surface area contributed by atoms with Gasteiger partial charge in [-0.3, -0.25) is 4.79 Å². The molecule has 164 valence electrons. The number of methoxy groups -OCH3 is 2. The molecule has 8 nitrogen and oxygen atoms in total. The first kappa shape index (κ1) is 21.2. The molecule has 0 aliphatic carbocycles. The molecule has 4 rings (SSSR count). The van der Waals surface area contributed by atoms with Crippen LogP contribution in [0.3, 0.4) is 0 Å². The van der Waals surface area contributed by atoms with Crippen molar-refractivity contribution in [2.24, 2.45) is 10.3 Å². The molecule has 0 aromatic heterocycles. The number of carbonyl (C=O) groups is 1. The van der Waals surface area contributed by atoms with Crippen molar-refractivity contribution in [3.8, 4) is 11.5 Å². The van der Waals surface area contributed by atoms with Crippen molar-refractivity contribution in [1.29, 1.82) is 0 Å². The average molecular weight is 445 g/mol. The molecule has 2 heterocycles. The summed E-state index contributed by atoms with van der Waals surface area (Å²) in [6.07, 6.45) is 1.43. The zero-order chi connectivity index (χ0) is 22.0. The Morgan fingerprint density at radius 2 is 1.90 bits per heavy atom. The minimum atomic E-state index is -3.69. The average Bonchev–Trinajstić information content (AvgIpc) is 3.08. The lowest BCUT2D eigenvalue weighted by Crippen LogP contribution is -2.42. The van der Waals surface area contributed by atoms with Gasteiger partial charge in [-0.25, -0.2) is 0 Å². The highest BCUT2D eigenvalue weighted by atomic mass is 32.2. The van der Waals surface area contributed by atoms with Crippen LogP contribution < -0.4 is 9.47 Å². The van der Waals surface area contributed by atoms with Crippen molar-refractivity contribution in [3.05, 3.63) is 53.6 Å². The van der Waals surface area contributed by atoms with Crippen LogP contribution in [0.25, 0.3) is 0 Å². The van der Waals surface area contributed by atoms with E-state index in [1.807, 2.05) is 11.0 Å². The van der Waals surface area contributed by atoms with Gasteiger partial charge in [0.2, 0.25) is 0 Å². The van der Waals surface area contributed by atoms with E-state index >= 15 is 0 Å². The first-order valence-corrected chi connectivity index (χ1v) is 11.4. The highest BCUT2D eigenvalue weighted by molar-refractivity contribution is 7.90. The molecule has 0 radical (unpaired) electrons. The predicted molar refractivity (Wildman–Crippen MR) is 114 cm³/mol. The van der Waals surface area contributed by atoms with E-state index < -0.39 is 10.0 Å². The Labute approximate surface area is 181 Å². The third kappa shape index (κ3) is 4.23. The summed E-state index contributed by atoms with van der Waals surface area (Å²) in [4.78, 5) is 14.8. The zero-order valence-corrected chi connectivity index (χ0v) is 18.2. The van der Waals surface area contributed by atoms with Crippen LogP contribution in [0.4, 0.5) is 0 Å². The van der Waals surface area contributed by atoms with E-state index in [0.29, 0.717) is 42.4 Å². The molecule has 1 fully saturated rings. The number of ether oxygens (including phenoxy) is 3. The first-order valence-electron chi connectivity index (χ1n) is 10.00. The Morgan fingerprint density at radius 1 is 1.13 bits per heavy atom. The van der Waals surface area contributed by atoms with Crippen LogP contribution in [0.15, 0.2) is 51.8 Å². The maximum absolute atomic E-state index is 12.7. The van der Waals surface area contributed by atoms with Crippen LogP contribution in [0.2, 0.25) is 0 Å².